The standard InChI is InChI=1S/C28H52O12/c1-2-3-4-5-6-7-8-9-10-11-12-13-14-15-20(30)37-17-19-22(32)24(34)26(36)28(39-19)40-27-25(35)23(33)21(31)18(16-29)38-27/h18-19,21-29,31-36H,2-17H2,1H3/t18-,19+,21-,22-,23+,24-,25+,26+,27-,28-/m1/s1. The first-order valence-corrected chi connectivity index (χ1v) is 15.0. The molecule has 2 aliphatic rings. The summed E-state index contributed by atoms with van der Waals surface area (Å²) in [6.45, 7) is 1.14. The Hall–Kier alpha value is -0.930. The lowest BCUT2D eigenvalue weighted by atomic mass is 9.98. The highest BCUT2D eigenvalue weighted by Crippen LogP contribution is 2.28. The van der Waals surface area contributed by atoms with Gasteiger partial charge in [0.05, 0.1) is 6.61 Å². The lowest BCUT2D eigenvalue weighted by Crippen LogP contribution is -2.63. The van der Waals surface area contributed by atoms with Gasteiger partial charge >= 0.3 is 5.97 Å². The smallest absolute Gasteiger partial charge is 0.305 e. The van der Waals surface area contributed by atoms with Crippen LogP contribution < -0.4 is 0 Å². The molecule has 0 spiro atoms. The van der Waals surface area contributed by atoms with Crippen LogP contribution in [0.25, 0.3) is 0 Å². The maximum absolute atomic E-state index is 12.2. The van der Waals surface area contributed by atoms with Gasteiger partial charge in [0.2, 0.25) is 0 Å². The van der Waals surface area contributed by atoms with E-state index in [9.17, 15) is 40.5 Å². The van der Waals surface area contributed by atoms with E-state index in [1.807, 2.05) is 0 Å². The van der Waals surface area contributed by atoms with Crippen molar-refractivity contribution in [1.82, 2.24) is 0 Å². The molecule has 12 heteroatoms. The predicted molar refractivity (Wildman–Crippen MR) is 143 cm³/mol. The number of hydrogen-bond donors (Lipinski definition) is 7. The number of carbonyl (C=O) groups is 1. The first kappa shape index (κ1) is 35.3. The minimum absolute atomic E-state index is 0.205. The molecular formula is C28H52O12. The zero-order valence-corrected chi connectivity index (χ0v) is 23.8. The Balaban J connectivity index is 1.64. The van der Waals surface area contributed by atoms with E-state index in [0.29, 0.717) is 6.42 Å². The molecular weight excluding hydrogens is 528 g/mol. The van der Waals surface area contributed by atoms with Crippen LogP contribution in [-0.4, -0.2) is 116 Å². The second-order valence-corrected chi connectivity index (χ2v) is 11.0. The van der Waals surface area contributed by atoms with Crippen LogP contribution in [0.1, 0.15) is 96.8 Å². The second kappa shape index (κ2) is 19.3. The minimum Gasteiger partial charge on any atom is -0.463 e. The van der Waals surface area contributed by atoms with Crippen LogP contribution in [0.5, 0.6) is 0 Å². The van der Waals surface area contributed by atoms with Gasteiger partial charge in [0.15, 0.2) is 12.6 Å². The summed E-state index contributed by atoms with van der Waals surface area (Å²) in [7, 11) is 0. The quantitative estimate of drug-likeness (QED) is 0.0833. The Kier molecular flexibility index (Phi) is 17.0. The van der Waals surface area contributed by atoms with Crippen LogP contribution in [0.3, 0.4) is 0 Å². The monoisotopic (exact) mass is 580 g/mol. The average molecular weight is 581 g/mol. The van der Waals surface area contributed by atoms with Crippen LogP contribution in [-0.2, 0) is 23.7 Å². The van der Waals surface area contributed by atoms with Gasteiger partial charge < -0.3 is 54.7 Å². The molecule has 7 N–H and O–H groups in total. The summed E-state index contributed by atoms with van der Waals surface area (Å²) in [4.78, 5) is 12.2. The largest absolute Gasteiger partial charge is 0.463 e. The number of aliphatic hydroxyl groups excluding tert-OH is 7. The van der Waals surface area contributed by atoms with Crippen molar-refractivity contribution in [1.29, 1.82) is 0 Å². The Bertz CT molecular complexity index is 680. The summed E-state index contributed by atoms with van der Waals surface area (Å²) in [6, 6.07) is 0. The van der Waals surface area contributed by atoms with Gasteiger partial charge in [-0.05, 0) is 6.42 Å². The first-order valence-electron chi connectivity index (χ1n) is 15.0. The summed E-state index contributed by atoms with van der Waals surface area (Å²) in [5, 5.41) is 70.1. The normalized spacial score (nSPS) is 34.6. The molecule has 2 aliphatic heterocycles. The Morgan fingerprint density at radius 2 is 1.02 bits per heavy atom. The van der Waals surface area contributed by atoms with E-state index >= 15 is 0 Å². The van der Waals surface area contributed by atoms with Crippen LogP contribution in [0.4, 0.5) is 0 Å². The molecule has 0 aliphatic carbocycles. The van der Waals surface area contributed by atoms with Crippen molar-refractivity contribution in [2.45, 2.75) is 158 Å². The SMILES string of the molecule is CCCCCCCCCCCCCCCC(=O)OC[C@@H]1O[C@H](O[C@H]2O[C@H](CO)[C@@H](O)[C@H](O)[C@@H]2O)[C@@H](O)[C@H](O)[C@@H]1O. The van der Waals surface area contributed by atoms with Crippen molar-refractivity contribution in [2.24, 2.45) is 0 Å². The zero-order chi connectivity index (χ0) is 29.5. The third kappa shape index (κ3) is 11.4. The molecule has 2 fully saturated rings. The molecule has 12 nitrogen and oxygen atoms in total. The van der Waals surface area contributed by atoms with E-state index in [1.54, 1.807) is 0 Å². The summed E-state index contributed by atoms with van der Waals surface area (Å²) in [5.74, 6) is -0.481. The van der Waals surface area contributed by atoms with Crippen LogP contribution >= 0.6 is 0 Å². The van der Waals surface area contributed by atoms with Crippen molar-refractivity contribution in [3.05, 3.63) is 0 Å². The topological polar surface area (TPSA) is 196 Å². The molecule has 40 heavy (non-hydrogen) atoms. The second-order valence-electron chi connectivity index (χ2n) is 11.0. The molecule has 0 saturated carbocycles. The van der Waals surface area contributed by atoms with Gasteiger partial charge in [0.1, 0.15) is 55.4 Å². The lowest BCUT2D eigenvalue weighted by Gasteiger charge is -2.44. The van der Waals surface area contributed by atoms with E-state index in [2.05, 4.69) is 6.92 Å². The summed E-state index contributed by atoms with van der Waals surface area (Å²) >= 11 is 0. The molecule has 236 valence electrons. The van der Waals surface area contributed by atoms with Crippen molar-refractivity contribution in [3.63, 3.8) is 0 Å². The van der Waals surface area contributed by atoms with Gasteiger partial charge in [-0.15, -0.1) is 0 Å². The van der Waals surface area contributed by atoms with Crippen LogP contribution in [0, 0.1) is 0 Å². The fraction of sp³-hybridized carbons (Fsp3) is 0.964. The molecule has 0 aromatic carbocycles. The maximum Gasteiger partial charge on any atom is 0.305 e. The molecule has 2 heterocycles. The van der Waals surface area contributed by atoms with Gasteiger partial charge in [0.25, 0.3) is 0 Å². The average Bonchev–Trinajstić information content (AvgIpc) is 2.95. The van der Waals surface area contributed by atoms with E-state index in [4.69, 9.17) is 18.9 Å². The number of unbranched alkanes of at least 4 members (excludes halogenated alkanes) is 12. The molecule has 0 amide bonds. The summed E-state index contributed by atoms with van der Waals surface area (Å²) in [6.07, 6.45) is -0.249. The van der Waals surface area contributed by atoms with Crippen molar-refractivity contribution in [2.75, 3.05) is 13.2 Å². The van der Waals surface area contributed by atoms with E-state index in [0.717, 1.165) is 19.3 Å². The Morgan fingerprint density at radius 1 is 0.600 bits per heavy atom. The maximum atomic E-state index is 12.2. The fourth-order valence-electron chi connectivity index (χ4n) is 5.01. The van der Waals surface area contributed by atoms with Gasteiger partial charge in [-0.2, -0.15) is 0 Å². The molecule has 0 bridgehead atoms. The van der Waals surface area contributed by atoms with Crippen molar-refractivity contribution in [3.8, 4) is 0 Å². The third-order valence-electron chi connectivity index (χ3n) is 7.68. The molecule has 0 aromatic rings. The molecule has 10 atom stereocenters. The van der Waals surface area contributed by atoms with Crippen molar-refractivity contribution < 1.29 is 59.5 Å². The molecule has 0 radical (unpaired) electrons. The number of aliphatic hydroxyl groups is 7. The van der Waals surface area contributed by atoms with Gasteiger partial charge in [-0.1, -0.05) is 84.0 Å². The highest BCUT2D eigenvalue weighted by atomic mass is 16.8. The number of rotatable bonds is 19. The van der Waals surface area contributed by atoms with Gasteiger partial charge in [-0.3, -0.25) is 4.79 Å². The fourth-order valence-corrected chi connectivity index (χ4v) is 5.01. The van der Waals surface area contributed by atoms with Gasteiger partial charge in [-0.25, -0.2) is 0 Å². The predicted octanol–water partition coefficient (Wildman–Crippen LogP) is 0.635. The molecule has 0 unspecified atom stereocenters. The van der Waals surface area contributed by atoms with E-state index < -0.39 is 80.6 Å². The minimum atomic E-state index is -1.76. The van der Waals surface area contributed by atoms with Crippen LogP contribution in [0.15, 0.2) is 0 Å². The molecule has 2 rings (SSSR count). The lowest BCUT2D eigenvalue weighted by molar-refractivity contribution is -0.376. The van der Waals surface area contributed by atoms with E-state index in [-0.39, 0.29) is 6.42 Å². The number of ether oxygens (including phenoxy) is 4. The van der Waals surface area contributed by atoms with Crippen LogP contribution in [0.2, 0.25) is 0 Å². The van der Waals surface area contributed by atoms with Gasteiger partial charge in [0, 0.05) is 6.42 Å². The zero-order valence-electron chi connectivity index (χ0n) is 23.8. The first-order chi connectivity index (χ1) is 19.2. The number of carbonyl (C=O) groups excluding carboxylic acids is 1. The summed E-state index contributed by atoms with van der Waals surface area (Å²) < 4.78 is 21.3. The Labute approximate surface area is 237 Å². The highest BCUT2D eigenvalue weighted by Gasteiger charge is 2.49. The number of hydrogen-bond acceptors (Lipinski definition) is 12. The number of esters is 1. The Morgan fingerprint density at radius 3 is 1.50 bits per heavy atom. The molecule has 2 saturated heterocycles. The molecule has 0 aromatic heterocycles. The van der Waals surface area contributed by atoms with Crippen molar-refractivity contribution >= 4 is 5.97 Å². The summed E-state index contributed by atoms with van der Waals surface area (Å²) in [5.41, 5.74) is 0. The highest BCUT2D eigenvalue weighted by molar-refractivity contribution is 5.69. The van der Waals surface area contributed by atoms with E-state index in [1.165, 1.54) is 57.8 Å². The third-order valence-corrected chi connectivity index (χ3v) is 7.68.